The molecule has 1 aromatic carbocycles. The molecule has 0 saturated carbocycles. The SMILES string of the molecule is COc1ccc(CC(F)C(=O)O)cc1OC. The van der Waals surface area contributed by atoms with E-state index in [1.807, 2.05) is 0 Å². The van der Waals surface area contributed by atoms with Crippen molar-refractivity contribution in [3.63, 3.8) is 0 Å². The number of carboxylic acids is 1. The van der Waals surface area contributed by atoms with Crippen LogP contribution in [-0.2, 0) is 11.2 Å². The molecule has 0 saturated heterocycles. The molecule has 1 unspecified atom stereocenters. The van der Waals surface area contributed by atoms with Gasteiger partial charge in [-0.15, -0.1) is 0 Å². The summed E-state index contributed by atoms with van der Waals surface area (Å²) in [6.45, 7) is 0. The Balaban J connectivity index is 2.86. The first kappa shape index (κ1) is 12.3. The molecule has 0 fully saturated rings. The molecule has 0 heterocycles. The zero-order valence-corrected chi connectivity index (χ0v) is 9.07. The van der Waals surface area contributed by atoms with Crippen LogP contribution in [0.2, 0.25) is 0 Å². The first-order valence-corrected chi connectivity index (χ1v) is 4.66. The highest BCUT2D eigenvalue weighted by Gasteiger charge is 2.17. The van der Waals surface area contributed by atoms with Crippen molar-refractivity contribution in [1.82, 2.24) is 0 Å². The molecule has 1 atom stereocenters. The predicted octanol–water partition coefficient (Wildman–Crippen LogP) is 1.67. The zero-order valence-electron chi connectivity index (χ0n) is 9.07. The number of benzene rings is 1. The average Bonchev–Trinajstić information content (AvgIpc) is 2.28. The summed E-state index contributed by atoms with van der Waals surface area (Å²) < 4.78 is 23.0. The van der Waals surface area contributed by atoms with E-state index < -0.39 is 12.1 Å². The Morgan fingerprint density at radius 3 is 2.50 bits per heavy atom. The van der Waals surface area contributed by atoms with Crippen LogP contribution in [0.25, 0.3) is 0 Å². The molecule has 0 aliphatic heterocycles. The number of alkyl halides is 1. The van der Waals surface area contributed by atoms with Crippen LogP contribution >= 0.6 is 0 Å². The highest BCUT2D eigenvalue weighted by atomic mass is 19.1. The van der Waals surface area contributed by atoms with E-state index in [0.29, 0.717) is 17.1 Å². The molecule has 0 aliphatic carbocycles. The number of carbonyl (C=O) groups is 1. The van der Waals surface area contributed by atoms with Crippen molar-refractivity contribution in [2.45, 2.75) is 12.6 Å². The molecule has 0 aliphatic rings. The van der Waals surface area contributed by atoms with Gasteiger partial charge >= 0.3 is 5.97 Å². The Kier molecular flexibility index (Phi) is 4.10. The van der Waals surface area contributed by atoms with E-state index in [0.717, 1.165) is 0 Å². The number of methoxy groups -OCH3 is 2. The molecule has 0 aromatic heterocycles. The number of rotatable bonds is 5. The van der Waals surface area contributed by atoms with Crippen molar-refractivity contribution in [2.75, 3.05) is 14.2 Å². The summed E-state index contributed by atoms with van der Waals surface area (Å²) >= 11 is 0. The van der Waals surface area contributed by atoms with Gasteiger partial charge in [-0.3, -0.25) is 0 Å². The molecular weight excluding hydrogens is 215 g/mol. The van der Waals surface area contributed by atoms with E-state index >= 15 is 0 Å². The Bertz CT molecular complexity index is 378. The van der Waals surface area contributed by atoms with Crippen LogP contribution in [0.5, 0.6) is 11.5 Å². The molecule has 0 radical (unpaired) electrons. The minimum absolute atomic E-state index is 0.185. The van der Waals surface area contributed by atoms with Gasteiger partial charge in [-0.05, 0) is 17.7 Å². The summed E-state index contributed by atoms with van der Waals surface area (Å²) in [5.41, 5.74) is 0.549. The predicted molar refractivity (Wildman–Crippen MR) is 55.8 cm³/mol. The van der Waals surface area contributed by atoms with E-state index in [9.17, 15) is 9.18 Å². The lowest BCUT2D eigenvalue weighted by Crippen LogP contribution is -2.17. The van der Waals surface area contributed by atoms with Crippen LogP contribution in [0.4, 0.5) is 4.39 Å². The van der Waals surface area contributed by atoms with Gasteiger partial charge in [0.15, 0.2) is 11.5 Å². The molecule has 88 valence electrons. The molecule has 16 heavy (non-hydrogen) atoms. The van der Waals surface area contributed by atoms with Crippen LogP contribution < -0.4 is 9.47 Å². The molecule has 4 nitrogen and oxygen atoms in total. The van der Waals surface area contributed by atoms with E-state index in [1.54, 1.807) is 18.2 Å². The minimum atomic E-state index is -1.90. The van der Waals surface area contributed by atoms with E-state index in [4.69, 9.17) is 14.6 Å². The molecule has 1 rings (SSSR count). The Labute approximate surface area is 92.6 Å². The maximum atomic E-state index is 13.0. The first-order chi connectivity index (χ1) is 7.58. The number of aliphatic carboxylic acids is 1. The molecular formula is C11H13FO4. The fourth-order valence-corrected chi connectivity index (χ4v) is 1.30. The number of hydrogen-bond donors (Lipinski definition) is 1. The summed E-state index contributed by atoms with van der Waals surface area (Å²) in [4.78, 5) is 10.4. The van der Waals surface area contributed by atoms with Gasteiger partial charge in [0.2, 0.25) is 6.17 Å². The van der Waals surface area contributed by atoms with Crippen LogP contribution in [0.15, 0.2) is 18.2 Å². The van der Waals surface area contributed by atoms with Crippen molar-refractivity contribution in [1.29, 1.82) is 0 Å². The summed E-state index contributed by atoms with van der Waals surface area (Å²) in [5.74, 6) is -0.482. The van der Waals surface area contributed by atoms with E-state index in [2.05, 4.69) is 0 Å². The monoisotopic (exact) mass is 228 g/mol. The van der Waals surface area contributed by atoms with Gasteiger partial charge in [0.25, 0.3) is 0 Å². The lowest BCUT2D eigenvalue weighted by Gasteiger charge is -2.09. The number of hydrogen-bond acceptors (Lipinski definition) is 3. The number of halogens is 1. The molecule has 0 spiro atoms. The van der Waals surface area contributed by atoms with Crippen molar-refractivity contribution in [3.8, 4) is 11.5 Å². The fraction of sp³-hybridized carbons (Fsp3) is 0.364. The van der Waals surface area contributed by atoms with Crippen molar-refractivity contribution < 1.29 is 23.8 Å². The topological polar surface area (TPSA) is 55.8 Å². The van der Waals surface area contributed by atoms with E-state index in [1.165, 1.54) is 14.2 Å². The molecule has 1 N–H and O–H groups in total. The van der Waals surface area contributed by atoms with Gasteiger partial charge in [0, 0.05) is 6.42 Å². The summed E-state index contributed by atoms with van der Waals surface area (Å²) in [7, 11) is 2.96. The summed E-state index contributed by atoms with van der Waals surface area (Å²) in [5, 5.41) is 8.44. The molecule has 0 amide bonds. The molecule has 1 aromatic rings. The second-order valence-electron chi connectivity index (χ2n) is 3.20. The minimum Gasteiger partial charge on any atom is -0.493 e. The third-order valence-electron chi connectivity index (χ3n) is 2.13. The number of ether oxygens (including phenoxy) is 2. The summed E-state index contributed by atoms with van der Waals surface area (Å²) in [6.07, 6.45) is -2.09. The van der Waals surface area contributed by atoms with Crippen molar-refractivity contribution in [2.24, 2.45) is 0 Å². The normalized spacial score (nSPS) is 11.9. The van der Waals surface area contributed by atoms with Gasteiger partial charge in [-0.25, -0.2) is 9.18 Å². The third-order valence-corrected chi connectivity index (χ3v) is 2.13. The molecule has 0 bridgehead atoms. The lowest BCUT2D eigenvalue weighted by molar-refractivity contribution is -0.142. The maximum Gasteiger partial charge on any atom is 0.338 e. The third kappa shape index (κ3) is 2.85. The van der Waals surface area contributed by atoms with E-state index in [-0.39, 0.29) is 6.42 Å². The standard InChI is InChI=1S/C11H13FO4/c1-15-9-4-3-7(6-10(9)16-2)5-8(12)11(13)14/h3-4,6,8H,5H2,1-2H3,(H,13,14). The molecule has 5 heteroatoms. The Hall–Kier alpha value is -1.78. The quantitative estimate of drug-likeness (QED) is 0.832. The van der Waals surface area contributed by atoms with Crippen molar-refractivity contribution in [3.05, 3.63) is 23.8 Å². The lowest BCUT2D eigenvalue weighted by atomic mass is 10.1. The van der Waals surface area contributed by atoms with Crippen LogP contribution in [0.1, 0.15) is 5.56 Å². The van der Waals surface area contributed by atoms with Crippen molar-refractivity contribution >= 4 is 5.97 Å². The zero-order chi connectivity index (χ0) is 12.1. The van der Waals surface area contributed by atoms with Gasteiger partial charge in [-0.2, -0.15) is 0 Å². The van der Waals surface area contributed by atoms with Crippen LogP contribution in [-0.4, -0.2) is 31.5 Å². The van der Waals surface area contributed by atoms with Crippen LogP contribution in [0.3, 0.4) is 0 Å². The largest absolute Gasteiger partial charge is 0.493 e. The summed E-state index contributed by atoms with van der Waals surface area (Å²) in [6, 6.07) is 4.79. The van der Waals surface area contributed by atoms with Crippen LogP contribution in [0, 0.1) is 0 Å². The van der Waals surface area contributed by atoms with Gasteiger partial charge < -0.3 is 14.6 Å². The average molecular weight is 228 g/mol. The smallest absolute Gasteiger partial charge is 0.338 e. The second kappa shape index (κ2) is 5.34. The van der Waals surface area contributed by atoms with Gasteiger partial charge in [0.1, 0.15) is 0 Å². The van der Waals surface area contributed by atoms with Gasteiger partial charge in [-0.1, -0.05) is 6.07 Å². The number of carboxylic acid groups (broad SMARTS) is 1. The first-order valence-electron chi connectivity index (χ1n) is 4.66. The van der Waals surface area contributed by atoms with Gasteiger partial charge in [0.05, 0.1) is 14.2 Å². The Morgan fingerprint density at radius 2 is 2.00 bits per heavy atom. The highest BCUT2D eigenvalue weighted by Crippen LogP contribution is 2.28. The highest BCUT2D eigenvalue weighted by molar-refractivity contribution is 5.72. The maximum absolute atomic E-state index is 13.0. The Morgan fingerprint density at radius 1 is 1.38 bits per heavy atom. The second-order valence-corrected chi connectivity index (χ2v) is 3.20. The fourth-order valence-electron chi connectivity index (χ4n) is 1.30.